The van der Waals surface area contributed by atoms with Crippen molar-refractivity contribution in [3.8, 4) is 17.3 Å². The summed E-state index contributed by atoms with van der Waals surface area (Å²) in [6.45, 7) is 3.24. The first-order valence-electron chi connectivity index (χ1n) is 12.8. The summed E-state index contributed by atoms with van der Waals surface area (Å²) in [5.41, 5.74) is 2.52. The molecule has 1 amide bonds. The fraction of sp³-hybridized carbons (Fsp3) is 0.267. The second kappa shape index (κ2) is 11.6. The van der Waals surface area contributed by atoms with Gasteiger partial charge in [-0.15, -0.1) is 0 Å². The molecule has 1 fully saturated rings. The minimum atomic E-state index is -0.403. The van der Waals surface area contributed by atoms with Crippen molar-refractivity contribution in [2.45, 2.75) is 38.8 Å². The molecule has 1 aliphatic heterocycles. The van der Waals surface area contributed by atoms with Crippen molar-refractivity contribution in [2.24, 2.45) is 0 Å². The first kappa shape index (κ1) is 25.6. The molecule has 8 heteroatoms. The molecule has 5 rings (SSSR count). The van der Waals surface area contributed by atoms with Gasteiger partial charge in [0.05, 0.1) is 29.6 Å². The molecular formula is C30H29F2N3O3. The monoisotopic (exact) mass is 517 g/mol. The molecule has 3 aromatic carbocycles. The highest BCUT2D eigenvalue weighted by Crippen LogP contribution is 2.33. The first-order chi connectivity index (χ1) is 18.5. The summed E-state index contributed by atoms with van der Waals surface area (Å²) in [6, 6.07) is 20.9. The lowest BCUT2D eigenvalue weighted by Gasteiger charge is -2.26. The second-order valence-electron chi connectivity index (χ2n) is 9.21. The molecule has 2 heterocycles. The van der Waals surface area contributed by atoms with Crippen molar-refractivity contribution in [1.29, 1.82) is 0 Å². The van der Waals surface area contributed by atoms with E-state index in [0.717, 1.165) is 24.1 Å². The van der Waals surface area contributed by atoms with Crippen LogP contribution in [-0.4, -0.2) is 39.8 Å². The van der Waals surface area contributed by atoms with E-state index in [0.29, 0.717) is 42.5 Å². The molecule has 0 spiro atoms. The van der Waals surface area contributed by atoms with Gasteiger partial charge in [0.15, 0.2) is 0 Å². The number of ether oxygens (including phenoxy) is 2. The quantitative estimate of drug-likeness (QED) is 0.261. The molecule has 0 aliphatic carbocycles. The Morgan fingerprint density at radius 1 is 1.03 bits per heavy atom. The third-order valence-electron chi connectivity index (χ3n) is 6.56. The number of nitrogens with zero attached hydrogens (tertiary/aromatic N) is 3. The van der Waals surface area contributed by atoms with Crippen molar-refractivity contribution in [1.82, 2.24) is 14.7 Å². The average molecular weight is 518 g/mol. The number of hydrogen-bond acceptors (Lipinski definition) is 4. The summed E-state index contributed by atoms with van der Waals surface area (Å²) >= 11 is 0. The van der Waals surface area contributed by atoms with Crippen molar-refractivity contribution < 1.29 is 23.0 Å². The van der Waals surface area contributed by atoms with Gasteiger partial charge in [-0.3, -0.25) is 4.79 Å². The summed E-state index contributed by atoms with van der Waals surface area (Å²) in [5.74, 6) is 0.0662. The molecule has 0 bridgehead atoms. The number of rotatable bonds is 9. The number of carbonyl (C=O) groups is 1. The molecule has 1 atom stereocenters. The smallest absolute Gasteiger partial charge is 0.254 e. The highest BCUT2D eigenvalue weighted by atomic mass is 19.1. The number of halogens is 2. The number of carbonyl (C=O) groups excluding carboxylic acids is 1. The second-order valence-corrected chi connectivity index (χ2v) is 9.21. The van der Waals surface area contributed by atoms with Gasteiger partial charge in [-0.2, -0.15) is 5.10 Å². The number of amides is 1. The fourth-order valence-electron chi connectivity index (χ4n) is 4.60. The molecule has 1 aliphatic rings. The van der Waals surface area contributed by atoms with Gasteiger partial charge >= 0.3 is 0 Å². The van der Waals surface area contributed by atoms with E-state index in [4.69, 9.17) is 14.6 Å². The van der Waals surface area contributed by atoms with Crippen LogP contribution in [0.3, 0.4) is 0 Å². The Bertz CT molecular complexity index is 1370. The molecule has 1 saturated heterocycles. The van der Waals surface area contributed by atoms with Gasteiger partial charge < -0.3 is 14.4 Å². The number of aromatic nitrogens is 2. The predicted molar refractivity (Wildman–Crippen MR) is 140 cm³/mol. The van der Waals surface area contributed by atoms with E-state index in [9.17, 15) is 13.6 Å². The standard InChI is InChI=1S/C30H29F2N3O3/c1-2-28-27(20-34(19-26-9-6-18-37-26)29(36)21-10-12-22(31)13-11-21)30(38-25-7-4-3-5-8-25)35(33-28)24-16-14-23(32)15-17-24/h3-5,7-8,10-17,26H,2,6,9,18-20H2,1H3/t26-/m0/s1. The van der Waals surface area contributed by atoms with E-state index in [1.807, 2.05) is 37.3 Å². The van der Waals surface area contributed by atoms with Crippen LogP contribution >= 0.6 is 0 Å². The molecule has 1 aromatic heterocycles. The minimum Gasteiger partial charge on any atom is -0.439 e. The van der Waals surface area contributed by atoms with Crippen LogP contribution in [0.25, 0.3) is 5.69 Å². The van der Waals surface area contributed by atoms with Crippen LogP contribution in [0.15, 0.2) is 78.9 Å². The molecule has 6 nitrogen and oxygen atoms in total. The zero-order valence-electron chi connectivity index (χ0n) is 21.1. The molecule has 0 radical (unpaired) electrons. The van der Waals surface area contributed by atoms with Crippen molar-refractivity contribution >= 4 is 5.91 Å². The topological polar surface area (TPSA) is 56.6 Å². The van der Waals surface area contributed by atoms with Gasteiger partial charge in [-0.1, -0.05) is 25.1 Å². The average Bonchev–Trinajstić information content (AvgIpc) is 3.57. The van der Waals surface area contributed by atoms with Gasteiger partial charge in [0, 0.05) is 18.7 Å². The lowest BCUT2D eigenvalue weighted by molar-refractivity contribution is 0.0505. The Balaban J connectivity index is 1.57. The maximum Gasteiger partial charge on any atom is 0.254 e. The van der Waals surface area contributed by atoms with Crippen LogP contribution in [0.1, 0.15) is 41.4 Å². The maximum absolute atomic E-state index is 13.7. The Kier molecular flexibility index (Phi) is 7.79. The van der Waals surface area contributed by atoms with E-state index < -0.39 is 5.82 Å². The minimum absolute atomic E-state index is 0.0879. The van der Waals surface area contributed by atoms with Crippen LogP contribution in [0.5, 0.6) is 11.6 Å². The molecule has 4 aromatic rings. The van der Waals surface area contributed by atoms with E-state index in [2.05, 4.69) is 0 Å². The van der Waals surface area contributed by atoms with Crippen LogP contribution < -0.4 is 4.74 Å². The van der Waals surface area contributed by atoms with Crippen LogP contribution in [0, 0.1) is 11.6 Å². The highest BCUT2D eigenvalue weighted by Gasteiger charge is 2.28. The SMILES string of the molecule is CCc1nn(-c2ccc(F)cc2)c(Oc2ccccc2)c1CN(C[C@@H]1CCCO1)C(=O)c1ccc(F)cc1. The largest absolute Gasteiger partial charge is 0.439 e. The van der Waals surface area contributed by atoms with Gasteiger partial charge in [0.1, 0.15) is 17.4 Å². The van der Waals surface area contributed by atoms with E-state index in [1.165, 1.54) is 36.4 Å². The molecular weight excluding hydrogens is 488 g/mol. The summed E-state index contributed by atoms with van der Waals surface area (Å²) in [7, 11) is 0. The van der Waals surface area contributed by atoms with Gasteiger partial charge in [-0.05, 0) is 79.9 Å². The highest BCUT2D eigenvalue weighted by molar-refractivity contribution is 5.94. The first-order valence-corrected chi connectivity index (χ1v) is 12.8. The zero-order chi connectivity index (χ0) is 26.5. The van der Waals surface area contributed by atoms with E-state index >= 15 is 0 Å². The van der Waals surface area contributed by atoms with E-state index in [-0.39, 0.29) is 24.4 Å². The zero-order valence-corrected chi connectivity index (χ0v) is 21.1. The summed E-state index contributed by atoms with van der Waals surface area (Å²) in [6.07, 6.45) is 2.30. The maximum atomic E-state index is 13.7. The Morgan fingerprint density at radius 2 is 1.71 bits per heavy atom. The van der Waals surface area contributed by atoms with Crippen molar-refractivity contribution in [3.63, 3.8) is 0 Å². The lowest BCUT2D eigenvalue weighted by atomic mass is 10.1. The normalized spacial score (nSPS) is 15.0. The Morgan fingerprint density at radius 3 is 2.34 bits per heavy atom. The fourth-order valence-corrected chi connectivity index (χ4v) is 4.60. The molecule has 196 valence electrons. The van der Waals surface area contributed by atoms with Crippen LogP contribution in [0.4, 0.5) is 8.78 Å². The predicted octanol–water partition coefficient (Wildman–Crippen LogP) is 6.33. The van der Waals surface area contributed by atoms with Crippen molar-refractivity contribution in [2.75, 3.05) is 13.2 Å². The summed E-state index contributed by atoms with van der Waals surface area (Å²) in [5, 5.41) is 4.80. The third kappa shape index (κ3) is 5.75. The summed E-state index contributed by atoms with van der Waals surface area (Å²) in [4.78, 5) is 15.4. The van der Waals surface area contributed by atoms with Crippen LogP contribution in [0.2, 0.25) is 0 Å². The van der Waals surface area contributed by atoms with Gasteiger partial charge in [0.25, 0.3) is 5.91 Å². The lowest BCUT2D eigenvalue weighted by Crippen LogP contribution is -2.37. The molecule has 38 heavy (non-hydrogen) atoms. The Hall–Kier alpha value is -4.04. The van der Waals surface area contributed by atoms with Crippen molar-refractivity contribution in [3.05, 3.63) is 107 Å². The molecule has 0 unspecified atom stereocenters. The molecule has 0 N–H and O–H groups in total. The van der Waals surface area contributed by atoms with E-state index in [1.54, 1.807) is 21.7 Å². The summed E-state index contributed by atoms with van der Waals surface area (Å²) < 4.78 is 41.1. The number of para-hydroxylation sites is 1. The molecule has 0 saturated carbocycles. The third-order valence-corrected chi connectivity index (χ3v) is 6.56. The van der Waals surface area contributed by atoms with Gasteiger partial charge in [-0.25, -0.2) is 13.5 Å². The van der Waals surface area contributed by atoms with Crippen LogP contribution in [-0.2, 0) is 17.7 Å². The number of benzene rings is 3. The van der Waals surface area contributed by atoms with Gasteiger partial charge in [0.2, 0.25) is 5.88 Å². The number of aryl methyl sites for hydroxylation is 1. The Labute approximate surface area is 220 Å². The number of hydrogen-bond donors (Lipinski definition) is 0.